The number of hydrogen-bond donors (Lipinski definition) is 1. The highest BCUT2D eigenvalue weighted by molar-refractivity contribution is 5.85. The Morgan fingerprint density at radius 3 is 2.82 bits per heavy atom. The van der Waals surface area contributed by atoms with Crippen molar-refractivity contribution in [3.8, 4) is 0 Å². The first-order chi connectivity index (χ1) is 10.7. The summed E-state index contributed by atoms with van der Waals surface area (Å²) in [5.74, 6) is -0.592. The average molecular weight is 301 g/mol. The third-order valence-electron chi connectivity index (χ3n) is 5.03. The topological polar surface area (TPSA) is 57.6 Å². The van der Waals surface area contributed by atoms with E-state index in [9.17, 15) is 9.59 Å². The molecule has 4 heteroatoms. The molecule has 1 amide bonds. The maximum absolute atomic E-state index is 13.0. The number of aryl methyl sites for hydroxylation is 1. The summed E-state index contributed by atoms with van der Waals surface area (Å²) in [6, 6.07) is 8.32. The van der Waals surface area contributed by atoms with E-state index in [1.54, 1.807) is 0 Å². The second-order valence-electron chi connectivity index (χ2n) is 6.40. The first-order valence-electron chi connectivity index (χ1n) is 8.27. The molecule has 1 aromatic carbocycles. The number of rotatable bonds is 4. The molecule has 1 aliphatic heterocycles. The van der Waals surface area contributed by atoms with Gasteiger partial charge in [-0.2, -0.15) is 0 Å². The lowest BCUT2D eigenvalue weighted by molar-refractivity contribution is -0.140. The van der Waals surface area contributed by atoms with Crippen LogP contribution in [0.25, 0.3) is 0 Å². The van der Waals surface area contributed by atoms with E-state index < -0.39 is 5.97 Å². The van der Waals surface area contributed by atoms with Crippen LogP contribution in [0.1, 0.15) is 55.6 Å². The monoisotopic (exact) mass is 301 g/mol. The van der Waals surface area contributed by atoms with Gasteiger partial charge in [-0.1, -0.05) is 24.3 Å². The second-order valence-corrected chi connectivity index (χ2v) is 6.40. The lowest BCUT2D eigenvalue weighted by Crippen LogP contribution is -2.45. The minimum absolute atomic E-state index is 0.0263. The summed E-state index contributed by atoms with van der Waals surface area (Å²) < 4.78 is 0. The number of piperidine rings is 1. The van der Waals surface area contributed by atoms with Gasteiger partial charge in [0, 0.05) is 19.0 Å². The minimum atomic E-state index is -0.774. The fourth-order valence-corrected chi connectivity index (χ4v) is 3.89. The predicted octanol–water partition coefficient (Wildman–Crippen LogP) is 2.96. The van der Waals surface area contributed by atoms with Gasteiger partial charge in [-0.3, -0.25) is 9.59 Å². The van der Waals surface area contributed by atoms with Crippen LogP contribution in [0.3, 0.4) is 0 Å². The van der Waals surface area contributed by atoms with Gasteiger partial charge in [-0.05, 0) is 49.7 Å². The quantitative estimate of drug-likeness (QED) is 0.930. The Bertz CT molecular complexity index is 569. The number of aliphatic carboxylic acids is 1. The Balaban J connectivity index is 1.74. The fraction of sp³-hybridized carbons (Fsp3) is 0.556. The number of fused-ring (bicyclic) bond motifs is 1. The van der Waals surface area contributed by atoms with Crippen molar-refractivity contribution >= 4 is 11.9 Å². The van der Waals surface area contributed by atoms with Crippen molar-refractivity contribution in [2.45, 2.75) is 56.9 Å². The number of carbonyl (C=O) groups excluding carboxylic acids is 1. The van der Waals surface area contributed by atoms with Crippen molar-refractivity contribution in [3.63, 3.8) is 0 Å². The van der Waals surface area contributed by atoms with Crippen molar-refractivity contribution < 1.29 is 14.7 Å². The fourth-order valence-electron chi connectivity index (χ4n) is 3.89. The number of carbonyl (C=O) groups is 2. The maximum atomic E-state index is 13.0. The number of hydrogen-bond acceptors (Lipinski definition) is 2. The van der Waals surface area contributed by atoms with Crippen molar-refractivity contribution in [2.75, 3.05) is 6.54 Å². The molecule has 2 atom stereocenters. The smallest absolute Gasteiger partial charge is 0.303 e. The predicted molar refractivity (Wildman–Crippen MR) is 83.7 cm³/mol. The highest BCUT2D eigenvalue weighted by atomic mass is 16.4. The van der Waals surface area contributed by atoms with Crippen molar-refractivity contribution in [3.05, 3.63) is 35.4 Å². The van der Waals surface area contributed by atoms with Crippen LogP contribution in [-0.2, 0) is 16.0 Å². The average Bonchev–Trinajstić information content (AvgIpc) is 2.96. The Morgan fingerprint density at radius 2 is 2.00 bits per heavy atom. The molecule has 118 valence electrons. The normalized spacial score (nSPS) is 24.1. The zero-order chi connectivity index (χ0) is 15.5. The summed E-state index contributed by atoms with van der Waals surface area (Å²) in [4.78, 5) is 25.8. The van der Waals surface area contributed by atoms with Gasteiger partial charge in [0.05, 0.1) is 5.92 Å². The molecule has 0 aromatic heterocycles. The Morgan fingerprint density at radius 1 is 1.18 bits per heavy atom. The van der Waals surface area contributed by atoms with Gasteiger partial charge in [0.1, 0.15) is 0 Å². The van der Waals surface area contributed by atoms with Crippen LogP contribution in [-0.4, -0.2) is 34.5 Å². The zero-order valence-corrected chi connectivity index (χ0v) is 12.8. The van der Waals surface area contributed by atoms with E-state index in [4.69, 9.17) is 5.11 Å². The van der Waals surface area contributed by atoms with Crippen LogP contribution in [0.4, 0.5) is 0 Å². The molecule has 2 aliphatic rings. The first-order valence-corrected chi connectivity index (χ1v) is 8.27. The molecule has 3 rings (SSSR count). The van der Waals surface area contributed by atoms with Crippen LogP contribution in [0.15, 0.2) is 24.3 Å². The number of carboxylic acid groups (broad SMARTS) is 1. The van der Waals surface area contributed by atoms with Crippen LogP contribution in [0, 0.1) is 0 Å². The highest BCUT2D eigenvalue weighted by Gasteiger charge is 2.35. The van der Waals surface area contributed by atoms with Crippen LogP contribution in [0.2, 0.25) is 0 Å². The molecular weight excluding hydrogens is 278 g/mol. The summed E-state index contributed by atoms with van der Waals surface area (Å²) in [6.07, 6.45) is 5.65. The number of benzene rings is 1. The molecule has 1 N–H and O–H groups in total. The summed E-state index contributed by atoms with van der Waals surface area (Å²) in [5, 5.41) is 8.91. The number of carboxylic acids is 1. The highest BCUT2D eigenvalue weighted by Crippen LogP contribution is 2.36. The minimum Gasteiger partial charge on any atom is -0.481 e. The molecule has 1 heterocycles. The standard InChI is InChI=1S/C18H23NO3/c20-17(21)11-9-14-6-3-4-12-19(14)18(22)16-10-8-13-5-1-2-7-15(13)16/h1-2,5,7,14,16H,3-4,6,8-12H2,(H,20,21). The zero-order valence-electron chi connectivity index (χ0n) is 12.8. The lowest BCUT2D eigenvalue weighted by Gasteiger charge is -2.37. The van der Waals surface area contributed by atoms with Crippen molar-refractivity contribution in [1.29, 1.82) is 0 Å². The van der Waals surface area contributed by atoms with Crippen LogP contribution in [0.5, 0.6) is 0 Å². The summed E-state index contributed by atoms with van der Waals surface area (Å²) in [6.45, 7) is 0.780. The van der Waals surface area contributed by atoms with E-state index >= 15 is 0 Å². The third-order valence-corrected chi connectivity index (χ3v) is 5.03. The maximum Gasteiger partial charge on any atom is 0.303 e. The van der Waals surface area contributed by atoms with Gasteiger partial charge in [0.15, 0.2) is 0 Å². The molecule has 0 radical (unpaired) electrons. The molecule has 0 saturated carbocycles. The largest absolute Gasteiger partial charge is 0.481 e. The molecule has 1 fully saturated rings. The lowest BCUT2D eigenvalue weighted by atomic mass is 9.93. The van der Waals surface area contributed by atoms with E-state index in [1.807, 2.05) is 17.0 Å². The number of likely N-dealkylation sites (tertiary alicyclic amines) is 1. The number of amides is 1. The van der Waals surface area contributed by atoms with E-state index in [2.05, 4.69) is 12.1 Å². The SMILES string of the molecule is O=C(O)CCC1CCCCN1C(=O)C1CCc2ccccc21. The molecule has 0 bridgehead atoms. The Labute approximate surface area is 131 Å². The van der Waals surface area contributed by atoms with Crippen LogP contribution < -0.4 is 0 Å². The van der Waals surface area contributed by atoms with Gasteiger partial charge in [0.25, 0.3) is 0 Å². The van der Waals surface area contributed by atoms with Crippen molar-refractivity contribution in [2.24, 2.45) is 0 Å². The van der Waals surface area contributed by atoms with Crippen LogP contribution >= 0.6 is 0 Å². The van der Waals surface area contributed by atoms with Gasteiger partial charge in [-0.25, -0.2) is 0 Å². The molecule has 4 nitrogen and oxygen atoms in total. The third kappa shape index (κ3) is 3.01. The van der Waals surface area contributed by atoms with E-state index in [0.29, 0.717) is 6.42 Å². The molecular formula is C18H23NO3. The Kier molecular flexibility index (Phi) is 4.46. The van der Waals surface area contributed by atoms with E-state index in [1.165, 1.54) is 11.1 Å². The number of nitrogens with zero attached hydrogens (tertiary/aromatic N) is 1. The summed E-state index contributed by atoms with van der Waals surface area (Å²) >= 11 is 0. The van der Waals surface area contributed by atoms with Crippen molar-refractivity contribution in [1.82, 2.24) is 4.90 Å². The molecule has 1 saturated heterocycles. The first kappa shape index (κ1) is 15.1. The van der Waals surface area contributed by atoms with Gasteiger partial charge in [-0.15, -0.1) is 0 Å². The van der Waals surface area contributed by atoms with Gasteiger partial charge >= 0.3 is 5.97 Å². The molecule has 0 spiro atoms. The van der Waals surface area contributed by atoms with E-state index in [-0.39, 0.29) is 24.3 Å². The molecule has 1 aromatic rings. The summed E-state index contributed by atoms with van der Waals surface area (Å²) in [5.41, 5.74) is 2.47. The molecule has 2 unspecified atom stereocenters. The Hall–Kier alpha value is -1.84. The van der Waals surface area contributed by atoms with Gasteiger partial charge in [0.2, 0.25) is 5.91 Å². The molecule has 22 heavy (non-hydrogen) atoms. The molecule has 1 aliphatic carbocycles. The van der Waals surface area contributed by atoms with Gasteiger partial charge < -0.3 is 10.0 Å². The summed E-state index contributed by atoms with van der Waals surface area (Å²) in [7, 11) is 0. The second kappa shape index (κ2) is 6.51. The van der Waals surface area contributed by atoms with E-state index in [0.717, 1.165) is 38.6 Å².